The zero-order chi connectivity index (χ0) is 25.1. The summed E-state index contributed by atoms with van der Waals surface area (Å²) in [4.78, 5) is 25.9. The fourth-order valence-electron chi connectivity index (χ4n) is 5.42. The third-order valence-corrected chi connectivity index (χ3v) is 6.97. The molecule has 2 atom stereocenters. The molecule has 7 heteroatoms. The number of rotatable bonds is 8. The molecule has 1 heterocycles. The van der Waals surface area contributed by atoms with Gasteiger partial charge in [-0.1, -0.05) is 60.7 Å². The van der Waals surface area contributed by atoms with Gasteiger partial charge in [-0.2, -0.15) is 0 Å². The molecule has 0 aromatic heterocycles. The van der Waals surface area contributed by atoms with Crippen LogP contribution in [-0.2, 0) is 26.3 Å². The molecular weight excluding hydrogens is 450 g/mol. The van der Waals surface area contributed by atoms with Gasteiger partial charge < -0.3 is 15.0 Å². The number of ether oxygens (including phenoxy) is 1. The number of likely N-dealkylation sites (N-methyl/N-ethyl adjacent to an activating group) is 1. The minimum absolute atomic E-state index is 0.0761. The highest BCUT2D eigenvalue weighted by molar-refractivity contribution is 5.91. The molecule has 0 saturated carbocycles. The van der Waals surface area contributed by atoms with Gasteiger partial charge in [-0.05, 0) is 28.8 Å². The van der Waals surface area contributed by atoms with E-state index in [4.69, 9.17) is 10.5 Å². The van der Waals surface area contributed by atoms with Crippen molar-refractivity contribution < 1.29 is 27.6 Å². The van der Waals surface area contributed by atoms with Crippen LogP contribution < -0.4 is 5.73 Å². The Morgan fingerprint density at radius 3 is 2.03 bits per heavy atom. The predicted octanol–water partition coefficient (Wildman–Crippen LogP) is 3.95. The first kappa shape index (κ1) is 24.5. The molecule has 0 spiro atoms. The molecule has 182 valence electrons. The number of halogens is 2. The number of esters is 1. The van der Waals surface area contributed by atoms with Gasteiger partial charge in [-0.15, -0.1) is 0 Å². The van der Waals surface area contributed by atoms with E-state index in [0.717, 1.165) is 29.3 Å². The number of quaternary nitrogens is 1. The lowest BCUT2D eigenvalue weighted by Crippen LogP contribution is -2.52. The highest BCUT2D eigenvalue weighted by Crippen LogP contribution is 2.45. The van der Waals surface area contributed by atoms with Crippen LogP contribution in [0.25, 0.3) is 0 Å². The van der Waals surface area contributed by atoms with E-state index in [1.165, 1.54) is 0 Å². The summed E-state index contributed by atoms with van der Waals surface area (Å²) in [6, 6.07) is 22.1. The van der Waals surface area contributed by atoms with Crippen LogP contribution in [0.4, 0.5) is 8.78 Å². The molecule has 4 rings (SSSR count). The van der Waals surface area contributed by atoms with Crippen LogP contribution >= 0.6 is 0 Å². The smallest absolute Gasteiger partial charge is 0.362 e. The summed E-state index contributed by atoms with van der Waals surface area (Å²) in [7, 11) is 1.95. The Bertz CT molecular complexity index is 1140. The summed E-state index contributed by atoms with van der Waals surface area (Å²) < 4.78 is 32.5. The monoisotopic (exact) mass is 479 g/mol. The molecular formula is C28H29F2N2O3+. The summed E-state index contributed by atoms with van der Waals surface area (Å²) in [6.07, 6.45) is 0.686. The van der Waals surface area contributed by atoms with Crippen molar-refractivity contribution in [3.05, 3.63) is 107 Å². The average Bonchev–Trinajstić information content (AvgIpc) is 3.20. The van der Waals surface area contributed by atoms with Crippen molar-refractivity contribution in [2.75, 3.05) is 26.7 Å². The molecule has 0 radical (unpaired) electrons. The number of nitrogens with two attached hydrogens (primary N) is 1. The Morgan fingerprint density at radius 2 is 1.51 bits per heavy atom. The first-order valence-electron chi connectivity index (χ1n) is 11.6. The van der Waals surface area contributed by atoms with Crippen molar-refractivity contribution in [2.24, 2.45) is 11.7 Å². The maximum atomic E-state index is 13.4. The molecule has 2 N–H and O–H groups in total. The van der Waals surface area contributed by atoms with Crippen LogP contribution in [0.15, 0.2) is 78.9 Å². The normalized spacial score (nSPS) is 19.9. The maximum absolute atomic E-state index is 13.4. The molecule has 1 unspecified atom stereocenters. The van der Waals surface area contributed by atoms with Gasteiger partial charge in [0.15, 0.2) is 6.54 Å². The van der Waals surface area contributed by atoms with Crippen LogP contribution in [0.5, 0.6) is 0 Å². The highest BCUT2D eigenvalue weighted by atomic mass is 19.1. The van der Waals surface area contributed by atoms with E-state index in [-0.39, 0.29) is 24.6 Å². The van der Waals surface area contributed by atoms with E-state index in [0.29, 0.717) is 24.0 Å². The molecule has 3 aromatic rings. The second-order valence-electron chi connectivity index (χ2n) is 9.51. The fraction of sp³-hybridized carbons (Fsp3) is 0.286. The van der Waals surface area contributed by atoms with Gasteiger partial charge in [0, 0.05) is 18.4 Å². The van der Waals surface area contributed by atoms with Gasteiger partial charge in [0.05, 0.1) is 20.1 Å². The molecule has 1 fully saturated rings. The minimum Gasteiger partial charge on any atom is -0.457 e. The Balaban J connectivity index is 1.55. The van der Waals surface area contributed by atoms with Crippen LogP contribution in [0, 0.1) is 17.6 Å². The van der Waals surface area contributed by atoms with Crippen molar-refractivity contribution in [3.63, 3.8) is 0 Å². The van der Waals surface area contributed by atoms with Gasteiger partial charge in [-0.25, -0.2) is 13.6 Å². The first-order valence-corrected chi connectivity index (χ1v) is 11.6. The molecule has 35 heavy (non-hydrogen) atoms. The lowest BCUT2D eigenvalue weighted by atomic mass is 9.64. The molecule has 1 amide bonds. The number of amides is 1. The number of carbonyl (C=O) groups is 2. The third-order valence-electron chi connectivity index (χ3n) is 6.97. The van der Waals surface area contributed by atoms with Gasteiger partial charge in [0.1, 0.15) is 23.7 Å². The zero-order valence-electron chi connectivity index (χ0n) is 19.6. The van der Waals surface area contributed by atoms with Gasteiger partial charge in [0.25, 0.3) is 0 Å². The van der Waals surface area contributed by atoms with E-state index in [1.54, 1.807) is 0 Å². The van der Waals surface area contributed by atoms with Crippen LogP contribution in [0.1, 0.15) is 23.1 Å². The summed E-state index contributed by atoms with van der Waals surface area (Å²) in [6.45, 7) is 1.06. The molecule has 1 saturated heterocycles. The zero-order valence-corrected chi connectivity index (χ0v) is 19.6. The van der Waals surface area contributed by atoms with E-state index in [2.05, 4.69) is 0 Å². The SMILES string of the molecule is C[N@+]1(CC(=O)OCc2cc(F)cc(F)c2)CCC(C(C(N)=O)(c2ccccc2)c2ccccc2)C1. The molecule has 0 bridgehead atoms. The molecule has 1 aliphatic rings. The number of likely N-dealkylation sites (tertiary alicyclic amines) is 1. The lowest BCUT2D eigenvalue weighted by Gasteiger charge is -2.38. The minimum atomic E-state index is -1.04. The van der Waals surface area contributed by atoms with Crippen LogP contribution in [-0.4, -0.2) is 43.0 Å². The Hall–Kier alpha value is -3.58. The number of hydrogen-bond acceptors (Lipinski definition) is 3. The van der Waals surface area contributed by atoms with Gasteiger partial charge in [0.2, 0.25) is 5.91 Å². The van der Waals surface area contributed by atoms with E-state index in [9.17, 15) is 18.4 Å². The van der Waals surface area contributed by atoms with E-state index < -0.39 is 28.9 Å². The maximum Gasteiger partial charge on any atom is 0.362 e. The number of hydrogen-bond donors (Lipinski definition) is 1. The average molecular weight is 480 g/mol. The van der Waals surface area contributed by atoms with Crippen molar-refractivity contribution in [1.29, 1.82) is 0 Å². The van der Waals surface area contributed by atoms with E-state index >= 15 is 0 Å². The van der Waals surface area contributed by atoms with Crippen molar-refractivity contribution in [1.82, 2.24) is 0 Å². The van der Waals surface area contributed by atoms with Gasteiger partial charge >= 0.3 is 5.97 Å². The highest BCUT2D eigenvalue weighted by Gasteiger charge is 2.53. The van der Waals surface area contributed by atoms with Gasteiger partial charge in [-0.3, -0.25) is 4.79 Å². The number of nitrogens with zero attached hydrogens (tertiary/aromatic N) is 1. The second-order valence-corrected chi connectivity index (χ2v) is 9.51. The quantitative estimate of drug-likeness (QED) is 0.393. The molecule has 0 aliphatic carbocycles. The fourth-order valence-corrected chi connectivity index (χ4v) is 5.42. The lowest BCUT2D eigenvalue weighted by molar-refractivity contribution is -0.892. The summed E-state index contributed by atoms with van der Waals surface area (Å²) in [5, 5.41) is 0. The molecule has 5 nitrogen and oxygen atoms in total. The first-order chi connectivity index (χ1) is 16.7. The largest absolute Gasteiger partial charge is 0.457 e. The molecule has 3 aromatic carbocycles. The predicted molar refractivity (Wildman–Crippen MR) is 128 cm³/mol. The number of benzene rings is 3. The van der Waals surface area contributed by atoms with Crippen LogP contribution in [0.2, 0.25) is 0 Å². The second kappa shape index (κ2) is 9.96. The third kappa shape index (κ3) is 5.10. The van der Waals surface area contributed by atoms with E-state index in [1.807, 2.05) is 67.7 Å². The Labute approximate surface area is 203 Å². The number of primary amides is 1. The standard InChI is InChI=1S/C28H28F2N2O3/c1-32(18-26(33)35-19-20-14-24(29)16-25(30)15-20)13-12-23(17-32)28(27(31)34,21-8-4-2-5-9-21)22-10-6-3-7-11-22/h2-11,14-16,23H,12-13,17-19H2,1H3,(H-,31,34)/p+1/t23?,32-/m0/s1. The molecule has 1 aliphatic heterocycles. The van der Waals surface area contributed by atoms with Crippen LogP contribution in [0.3, 0.4) is 0 Å². The number of carbonyl (C=O) groups excluding carboxylic acids is 2. The Kier molecular flexibility index (Phi) is 6.98. The summed E-state index contributed by atoms with van der Waals surface area (Å²) >= 11 is 0. The summed E-state index contributed by atoms with van der Waals surface area (Å²) in [5.41, 5.74) is 7.01. The summed E-state index contributed by atoms with van der Waals surface area (Å²) in [5.74, 6) is -2.48. The Morgan fingerprint density at radius 1 is 0.971 bits per heavy atom. The van der Waals surface area contributed by atoms with Crippen molar-refractivity contribution >= 4 is 11.9 Å². The van der Waals surface area contributed by atoms with Crippen molar-refractivity contribution in [3.8, 4) is 0 Å². The van der Waals surface area contributed by atoms with Crippen molar-refractivity contribution in [2.45, 2.75) is 18.4 Å². The topological polar surface area (TPSA) is 69.4 Å².